The van der Waals surface area contributed by atoms with E-state index in [-0.39, 0.29) is 23.9 Å². The van der Waals surface area contributed by atoms with Crippen molar-refractivity contribution in [3.63, 3.8) is 0 Å². The maximum atomic E-state index is 13.9. The Hall–Kier alpha value is -4.18. The second kappa shape index (κ2) is 11.3. The van der Waals surface area contributed by atoms with Crippen molar-refractivity contribution in [2.24, 2.45) is 0 Å². The Bertz CT molecular complexity index is 1380. The van der Waals surface area contributed by atoms with E-state index in [4.69, 9.17) is 4.74 Å². The van der Waals surface area contributed by atoms with Gasteiger partial charge in [-0.25, -0.2) is 14.4 Å². The molecule has 0 fully saturated rings. The molecule has 0 radical (unpaired) electrons. The summed E-state index contributed by atoms with van der Waals surface area (Å²) in [6.45, 7) is 5.98. The average molecular weight is 505 g/mol. The second-order valence-electron chi connectivity index (χ2n) is 9.37. The summed E-state index contributed by atoms with van der Waals surface area (Å²) in [7, 11) is 0. The average Bonchev–Trinajstić information content (AvgIpc) is 3.33. The van der Waals surface area contributed by atoms with Gasteiger partial charge in [0.25, 0.3) is 5.91 Å². The molecule has 3 N–H and O–H groups in total. The molecule has 10 heteroatoms. The highest BCUT2D eigenvalue weighted by Gasteiger charge is 2.16. The summed E-state index contributed by atoms with van der Waals surface area (Å²) in [6, 6.07) is 13.7. The number of H-pyrrole nitrogens is 1. The molecular formula is C27H29FN6O3. The molecular weight excluding hydrogens is 475 g/mol. The highest BCUT2D eigenvalue weighted by molar-refractivity contribution is 6.01. The van der Waals surface area contributed by atoms with Crippen molar-refractivity contribution in [1.82, 2.24) is 25.1 Å². The van der Waals surface area contributed by atoms with Gasteiger partial charge < -0.3 is 20.1 Å². The fourth-order valence-corrected chi connectivity index (χ4v) is 3.71. The zero-order chi connectivity index (χ0) is 26.4. The first-order valence-electron chi connectivity index (χ1n) is 11.9. The standard InChI is InChI=1S/C27H29FN6O3/c1-17-9-10-19(37-12-6-11-27(2,3)36)14-20(17)22-15-23(30-16-29-22)32-26(35)25-31-24(33-34-25)13-18-7-4-5-8-21(18)28/h4-5,7-10,14-16,36H,6,11-13H2,1-3H3,(H,31,33,34)(H,29,30,32,35). The number of aliphatic hydroxyl groups is 1. The number of nitrogens with one attached hydrogen (secondary N) is 2. The Labute approximate surface area is 214 Å². The van der Waals surface area contributed by atoms with Crippen LogP contribution in [0.15, 0.2) is 54.9 Å². The highest BCUT2D eigenvalue weighted by atomic mass is 19.1. The van der Waals surface area contributed by atoms with E-state index in [0.717, 1.165) is 17.5 Å². The number of rotatable bonds is 10. The molecule has 192 valence electrons. The summed E-state index contributed by atoms with van der Waals surface area (Å²) in [6.07, 6.45) is 2.90. The minimum absolute atomic E-state index is 0.0101. The summed E-state index contributed by atoms with van der Waals surface area (Å²) < 4.78 is 19.8. The van der Waals surface area contributed by atoms with Crippen LogP contribution in [0.5, 0.6) is 5.75 Å². The van der Waals surface area contributed by atoms with Crippen LogP contribution in [0.2, 0.25) is 0 Å². The maximum absolute atomic E-state index is 13.9. The lowest BCUT2D eigenvalue weighted by atomic mass is 10.0. The largest absolute Gasteiger partial charge is 0.494 e. The van der Waals surface area contributed by atoms with E-state index in [2.05, 4.69) is 30.5 Å². The summed E-state index contributed by atoms with van der Waals surface area (Å²) in [5, 5.41) is 20.4. The van der Waals surface area contributed by atoms with Crippen LogP contribution in [0.4, 0.5) is 10.2 Å². The maximum Gasteiger partial charge on any atom is 0.294 e. The van der Waals surface area contributed by atoms with Gasteiger partial charge >= 0.3 is 0 Å². The number of nitrogens with zero attached hydrogens (tertiary/aromatic N) is 4. The molecule has 4 aromatic rings. The van der Waals surface area contributed by atoms with Crippen LogP contribution in [0, 0.1) is 12.7 Å². The number of aryl methyl sites for hydroxylation is 1. The van der Waals surface area contributed by atoms with E-state index in [9.17, 15) is 14.3 Å². The van der Waals surface area contributed by atoms with Crippen LogP contribution < -0.4 is 10.1 Å². The Morgan fingerprint density at radius 1 is 1.14 bits per heavy atom. The Morgan fingerprint density at radius 3 is 2.73 bits per heavy atom. The topological polar surface area (TPSA) is 126 Å². The van der Waals surface area contributed by atoms with Crippen molar-refractivity contribution in [2.75, 3.05) is 11.9 Å². The summed E-state index contributed by atoms with van der Waals surface area (Å²) in [4.78, 5) is 24.0. The van der Waals surface area contributed by atoms with Crippen LogP contribution in [0.25, 0.3) is 11.3 Å². The molecule has 9 nitrogen and oxygen atoms in total. The molecule has 0 saturated carbocycles. The first-order valence-corrected chi connectivity index (χ1v) is 11.9. The number of carbonyl (C=O) groups is 1. The van der Waals surface area contributed by atoms with Crippen LogP contribution in [0.3, 0.4) is 0 Å². The van der Waals surface area contributed by atoms with E-state index >= 15 is 0 Å². The Kier molecular flexibility index (Phi) is 7.88. The Balaban J connectivity index is 1.42. The molecule has 4 rings (SSSR count). The first kappa shape index (κ1) is 25.9. The minimum Gasteiger partial charge on any atom is -0.494 e. The van der Waals surface area contributed by atoms with Crippen LogP contribution in [0.1, 0.15) is 54.3 Å². The molecule has 0 saturated heterocycles. The number of hydrogen-bond acceptors (Lipinski definition) is 7. The third-order valence-electron chi connectivity index (χ3n) is 5.66. The lowest BCUT2D eigenvalue weighted by Gasteiger charge is -2.17. The third-order valence-corrected chi connectivity index (χ3v) is 5.66. The lowest BCUT2D eigenvalue weighted by molar-refractivity contribution is 0.0641. The van der Waals surface area contributed by atoms with Gasteiger partial charge in [-0.05, 0) is 62.9 Å². The molecule has 2 aromatic heterocycles. The molecule has 2 heterocycles. The zero-order valence-electron chi connectivity index (χ0n) is 21.0. The van der Waals surface area contributed by atoms with Gasteiger partial charge in [-0.1, -0.05) is 24.3 Å². The predicted molar refractivity (Wildman–Crippen MR) is 137 cm³/mol. The molecule has 0 aliphatic heterocycles. The number of anilines is 1. The van der Waals surface area contributed by atoms with Gasteiger partial charge in [-0.15, -0.1) is 10.2 Å². The van der Waals surface area contributed by atoms with E-state index < -0.39 is 11.5 Å². The number of benzene rings is 2. The van der Waals surface area contributed by atoms with Crippen LogP contribution >= 0.6 is 0 Å². The predicted octanol–water partition coefficient (Wildman–Crippen LogP) is 4.48. The van der Waals surface area contributed by atoms with Gasteiger partial charge in [-0.3, -0.25) is 4.79 Å². The lowest BCUT2D eigenvalue weighted by Crippen LogP contribution is -2.19. The zero-order valence-corrected chi connectivity index (χ0v) is 21.0. The van der Waals surface area contributed by atoms with Crippen molar-refractivity contribution in [3.05, 3.63) is 83.5 Å². The number of aromatic nitrogens is 5. The molecule has 0 spiro atoms. The summed E-state index contributed by atoms with van der Waals surface area (Å²) in [5.41, 5.74) is 2.15. The van der Waals surface area contributed by atoms with Gasteiger partial charge in [0, 0.05) is 18.1 Å². The highest BCUT2D eigenvalue weighted by Crippen LogP contribution is 2.27. The molecule has 0 atom stereocenters. The van der Waals surface area contributed by atoms with Gasteiger partial charge in [0.1, 0.15) is 29.5 Å². The van der Waals surface area contributed by atoms with E-state index in [1.165, 1.54) is 12.4 Å². The van der Waals surface area contributed by atoms with E-state index in [1.807, 2.05) is 25.1 Å². The third kappa shape index (κ3) is 7.17. The van der Waals surface area contributed by atoms with Gasteiger partial charge in [0.05, 0.1) is 17.9 Å². The monoisotopic (exact) mass is 504 g/mol. The van der Waals surface area contributed by atoms with E-state index in [1.54, 1.807) is 38.1 Å². The molecule has 0 aliphatic rings. The van der Waals surface area contributed by atoms with Crippen molar-refractivity contribution in [3.8, 4) is 17.0 Å². The number of aromatic amines is 1. The first-order chi connectivity index (χ1) is 17.7. The van der Waals surface area contributed by atoms with Gasteiger partial charge in [-0.2, -0.15) is 0 Å². The van der Waals surface area contributed by atoms with Gasteiger partial charge in [0.2, 0.25) is 5.82 Å². The van der Waals surface area contributed by atoms with Crippen molar-refractivity contribution in [1.29, 1.82) is 0 Å². The van der Waals surface area contributed by atoms with Crippen molar-refractivity contribution in [2.45, 2.75) is 45.6 Å². The SMILES string of the molecule is Cc1ccc(OCCCC(C)(C)O)cc1-c1cc(NC(=O)c2nnc(Cc3ccccc3F)[nH]2)ncn1. The molecule has 0 unspecified atom stereocenters. The van der Waals surface area contributed by atoms with E-state index in [0.29, 0.717) is 35.9 Å². The summed E-state index contributed by atoms with van der Waals surface area (Å²) >= 11 is 0. The second-order valence-corrected chi connectivity index (χ2v) is 9.37. The number of ether oxygens (including phenoxy) is 1. The molecule has 0 aliphatic carbocycles. The number of hydrogen-bond donors (Lipinski definition) is 3. The quantitative estimate of drug-likeness (QED) is 0.272. The molecule has 37 heavy (non-hydrogen) atoms. The smallest absolute Gasteiger partial charge is 0.294 e. The van der Waals surface area contributed by atoms with Crippen molar-refractivity contribution < 1.29 is 19.0 Å². The molecule has 0 bridgehead atoms. The fourth-order valence-electron chi connectivity index (χ4n) is 3.71. The molecule has 2 aromatic carbocycles. The molecule has 1 amide bonds. The minimum atomic E-state index is -0.726. The number of amides is 1. The number of carbonyl (C=O) groups excluding carboxylic acids is 1. The van der Waals surface area contributed by atoms with Crippen LogP contribution in [-0.4, -0.2) is 48.4 Å². The normalized spacial score (nSPS) is 11.4. The van der Waals surface area contributed by atoms with Crippen LogP contribution in [-0.2, 0) is 6.42 Å². The van der Waals surface area contributed by atoms with Crippen molar-refractivity contribution >= 4 is 11.7 Å². The summed E-state index contributed by atoms with van der Waals surface area (Å²) in [5.74, 6) is 0.454. The fraction of sp³-hybridized carbons (Fsp3) is 0.296. The van der Waals surface area contributed by atoms with Gasteiger partial charge in [0.15, 0.2) is 0 Å². The Morgan fingerprint density at radius 2 is 1.95 bits per heavy atom. The number of halogens is 1.